The summed E-state index contributed by atoms with van der Waals surface area (Å²) in [6.45, 7) is 4.12. The van der Waals surface area contributed by atoms with Crippen molar-refractivity contribution in [1.29, 1.82) is 0 Å². The van der Waals surface area contributed by atoms with Crippen LogP contribution in [0.1, 0.15) is 77.0 Å². The van der Waals surface area contributed by atoms with Crippen molar-refractivity contribution in [3.63, 3.8) is 0 Å². The Kier molecular flexibility index (Phi) is 5.19. The van der Waals surface area contributed by atoms with Crippen molar-refractivity contribution in [2.45, 2.75) is 77.0 Å². The van der Waals surface area contributed by atoms with Gasteiger partial charge in [-0.05, 0) is 24.2 Å². The molecule has 0 amide bonds. The summed E-state index contributed by atoms with van der Waals surface area (Å²) < 4.78 is 0. The van der Waals surface area contributed by atoms with Crippen molar-refractivity contribution in [3.8, 4) is 0 Å². The molecule has 93 valence electrons. The molecule has 0 bridgehead atoms. The van der Waals surface area contributed by atoms with E-state index in [0.29, 0.717) is 0 Å². The molecule has 2 fully saturated rings. The smallest absolute Gasteiger partial charge is 0.0357 e. The average molecular weight is 221 g/mol. The zero-order valence-electron chi connectivity index (χ0n) is 10.9. The first-order valence-corrected chi connectivity index (χ1v) is 7.71. The Morgan fingerprint density at radius 3 is 1.56 bits per heavy atom. The van der Waals surface area contributed by atoms with E-state index in [2.05, 4.69) is 6.92 Å². The van der Waals surface area contributed by atoms with E-state index >= 15 is 0 Å². The third kappa shape index (κ3) is 3.25. The quantitative estimate of drug-likeness (QED) is 0.598. The predicted molar refractivity (Wildman–Crippen MR) is 71.2 cm³/mol. The van der Waals surface area contributed by atoms with Crippen LogP contribution in [0.15, 0.2) is 0 Å². The molecule has 0 saturated heterocycles. The third-order valence-corrected chi connectivity index (χ3v) is 5.05. The monoisotopic (exact) mass is 221 g/mol. The van der Waals surface area contributed by atoms with Gasteiger partial charge in [0.1, 0.15) is 0 Å². The lowest BCUT2D eigenvalue weighted by Crippen LogP contribution is -2.27. The van der Waals surface area contributed by atoms with Crippen molar-refractivity contribution in [1.82, 2.24) is 0 Å². The highest BCUT2D eigenvalue weighted by molar-refractivity contribution is 4.81. The van der Waals surface area contributed by atoms with Gasteiger partial charge in [0.2, 0.25) is 0 Å². The van der Waals surface area contributed by atoms with Crippen LogP contribution in [-0.4, -0.2) is 0 Å². The fourth-order valence-electron chi connectivity index (χ4n) is 4.22. The standard InChI is InChI=1S/C16H29/c1-2-9-16(14-10-5-3-6-11-14)15-12-7-4-8-13-15/h14-16H,1-13H2. The van der Waals surface area contributed by atoms with E-state index < -0.39 is 0 Å². The maximum Gasteiger partial charge on any atom is -0.0357 e. The van der Waals surface area contributed by atoms with Gasteiger partial charge in [-0.3, -0.25) is 0 Å². The highest BCUT2D eigenvalue weighted by Crippen LogP contribution is 2.41. The second kappa shape index (κ2) is 6.67. The van der Waals surface area contributed by atoms with Gasteiger partial charge < -0.3 is 0 Å². The van der Waals surface area contributed by atoms with E-state index in [1.165, 1.54) is 70.6 Å². The van der Waals surface area contributed by atoms with Crippen LogP contribution in [0.5, 0.6) is 0 Å². The Hall–Kier alpha value is 0. The molecule has 2 aliphatic carbocycles. The van der Waals surface area contributed by atoms with Gasteiger partial charge in [-0.2, -0.15) is 0 Å². The molecule has 0 N–H and O–H groups in total. The molecule has 0 aliphatic heterocycles. The molecule has 2 aliphatic rings. The Bertz CT molecular complexity index is 154. The van der Waals surface area contributed by atoms with Crippen LogP contribution < -0.4 is 0 Å². The second-order valence-electron chi connectivity index (χ2n) is 6.10. The predicted octanol–water partition coefficient (Wildman–Crippen LogP) is 5.38. The molecule has 2 rings (SSSR count). The number of hydrogen-bond donors (Lipinski definition) is 0. The minimum Gasteiger partial charge on any atom is -0.0533 e. The molecule has 0 spiro atoms. The van der Waals surface area contributed by atoms with Crippen LogP contribution in [-0.2, 0) is 0 Å². The summed E-state index contributed by atoms with van der Waals surface area (Å²) in [5, 5.41) is 0. The van der Waals surface area contributed by atoms with Crippen LogP contribution in [0.4, 0.5) is 0 Å². The molecule has 0 nitrogen and oxygen atoms in total. The summed E-state index contributed by atoms with van der Waals surface area (Å²) in [5.74, 6) is 3.18. The molecular formula is C16H29. The van der Waals surface area contributed by atoms with Crippen molar-refractivity contribution in [2.24, 2.45) is 17.8 Å². The minimum atomic E-state index is 1.04. The van der Waals surface area contributed by atoms with Crippen LogP contribution in [0.2, 0.25) is 0 Å². The zero-order valence-corrected chi connectivity index (χ0v) is 10.9. The first-order chi connectivity index (χ1) is 7.92. The van der Waals surface area contributed by atoms with E-state index in [1.807, 2.05) is 0 Å². The van der Waals surface area contributed by atoms with Crippen molar-refractivity contribution >= 4 is 0 Å². The Labute approximate surface area is 102 Å². The summed E-state index contributed by atoms with van der Waals surface area (Å²) in [4.78, 5) is 0. The normalized spacial score (nSPS) is 25.1. The Balaban J connectivity index is 1.91. The average Bonchev–Trinajstić information content (AvgIpc) is 2.38. The first-order valence-electron chi connectivity index (χ1n) is 7.71. The molecule has 0 aromatic heterocycles. The van der Waals surface area contributed by atoms with Gasteiger partial charge in [0.25, 0.3) is 0 Å². The van der Waals surface area contributed by atoms with Crippen LogP contribution in [0, 0.1) is 24.7 Å². The van der Waals surface area contributed by atoms with E-state index in [4.69, 9.17) is 0 Å². The van der Waals surface area contributed by atoms with Gasteiger partial charge in [0.05, 0.1) is 0 Å². The third-order valence-electron chi connectivity index (χ3n) is 5.05. The summed E-state index contributed by atoms with van der Waals surface area (Å²) in [5.41, 5.74) is 0. The van der Waals surface area contributed by atoms with Gasteiger partial charge in [0, 0.05) is 0 Å². The first kappa shape index (κ1) is 12.5. The minimum absolute atomic E-state index is 1.04. The Morgan fingerprint density at radius 2 is 1.19 bits per heavy atom. The second-order valence-corrected chi connectivity index (χ2v) is 6.10. The van der Waals surface area contributed by atoms with Gasteiger partial charge in [-0.25, -0.2) is 0 Å². The van der Waals surface area contributed by atoms with Crippen molar-refractivity contribution in [2.75, 3.05) is 0 Å². The molecule has 0 unspecified atom stereocenters. The van der Waals surface area contributed by atoms with Gasteiger partial charge in [-0.15, -0.1) is 0 Å². The molecule has 0 heteroatoms. The van der Waals surface area contributed by atoms with E-state index in [-0.39, 0.29) is 0 Å². The molecule has 0 aromatic carbocycles. The van der Waals surface area contributed by atoms with Crippen molar-refractivity contribution < 1.29 is 0 Å². The van der Waals surface area contributed by atoms with E-state index in [0.717, 1.165) is 24.2 Å². The molecule has 0 atom stereocenters. The number of hydrogen-bond acceptors (Lipinski definition) is 0. The van der Waals surface area contributed by atoms with Crippen LogP contribution in [0.25, 0.3) is 0 Å². The summed E-state index contributed by atoms with van der Waals surface area (Å²) in [7, 11) is 0. The fourth-order valence-corrected chi connectivity index (χ4v) is 4.22. The van der Waals surface area contributed by atoms with Gasteiger partial charge >= 0.3 is 0 Å². The molecule has 0 heterocycles. The summed E-state index contributed by atoms with van der Waals surface area (Å²) in [6, 6.07) is 0. The van der Waals surface area contributed by atoms with Crippen LogP contribution in [0.3, 0.4) is 0 Å². The maximum atomic E-state index is 4.12. The molecule has 1 radical (unpaired) electrons. The molecular weight excluding hydrogens is 192 g/mol. The van der Waals surface area contributed by atoms with Crippen molar-refractivity contribution in [3.05, 3.63) is 6.92 Å². The fraction of sp³-hybridized carbons (Fsp3) is 0.938. The van der Waals surface area contributed by atoms with Crippen LogP contribution >= 0.6 is 0 Å². The topological polar surface area (TPSA) is 0 Å². The lowest BCUT2D eigenvalue weighted by atomic mass is 9.68. The number of rotatable bonds is 4. The zero-order chi connectivity index (χ0) is 11.2. The largest absolute Gasteiger partial charge is 0.0533 e. The lowest BCUT2D eigenvalue weighted by molar-refractivity contribution is 0.135. The summed E-state index contributed by atoms with van der Waals surface area (Å²) >= 11 is 0. The highest BCUT2D eigenvalue weighted by Gasteiger charge is 2.30. The van der Waals surface area contributed by atoms with Gasteiger partial charge in [-0.1, -0.05) is 77.6 Å². The van der Waals surface area contributed by atoms with E-state index in [1.54, 1.807) is 0 Å². The molecule has 0 aromatic rings. The molecule has 2 saturated carbocycles. The lowest BCUT2D eigenvalue weighted by Gasteiger charge is -2.38. The highest BCUT2D eigenvalue weighted by atomic mass is 14.4. The maximum absolute atomic E-state index is 4.12. The molecule has 16 heavy (non-hydrogen) atoms. The van der Waals surface area contributed by atoms with Gasteiger partial charge in [0.15, 0.2) is 0 Å². The SMILES string of the molecule is [CH2]CCC(C1CCCCC1)C1CCCCC1. The Morgan fingerprint density at radius 1 is 0.750 bits per heavy atom. The summed E-state index contributed by atoms with van der Waals surface area (Å²) in [6.07, 6.45) is 17.7. The van der Waals surface area contributed by atoms with E-state index in [9.17, 15) is 0 Å².